The molecule has 2 N–H and O–H groups in total. The molecule has 3 heteroatoms. The molecule has 0 amide bonds. The van der Waals surface area contributed by atoms with Gasteiger partial charge in [-0.2, -0.15) is 0 Å². The van der Waals surface area contributed by atoms with Gasteiger partial charge in [-0.15, -0.1) is 0 Å². The lowest BCUT2D eigenvalue weighted by Gasteiger charge is -2.24. The summed E-state index contributed by atoms with van der Waals surface area (Å²) in [7, 11) is 0. The molecule has 0 saturated carbocycles. The molecule has 82 valence electrons. The highest BCUT2D eigenvalue weighted by molar-refractivity contribution is 5.44. The second-order valence-corrected chi connectivity index (χ2v) is 3.72. The summed E-state index contributed by atoms with van der Waals surface area (Å²) in [6.07, 6.45) is 0.217. The first kappa shape index (κ1) is 10.5. The summed E-state index contributed by atoms with van der Waals surface area (Å²) in [5.41, 5.74) is 2.42. The Morgan fingerprint density at radius 1 is 1.40 bits per heavy atom. The SMILES string of the molecule is CCNc1ccc(C2CNCCO2)cc1. The minimum atomic E-state index is 0.217. The van der Waals surface area contributed by atoms with Crippen LogP contribution in [0.1, 0.15) is 18.6 Å². The molecule has 1 unspecified atom stereocenters. The van der Waals surface area contributed by atoms with Crippen LogP contribution in [0.4, 0.5) is 5.69 Å². The lowest BCUT2D eigenvalue weighted by Crippen LogP contribution is -2.33. The Labute approximate surface area is 90.8 Å². The molecule has 1 saturated heterocycles. The highest BCUT2D eigenvalue weighted by Gasteiger charge is 2.14. The van der Waals surface area contributed by atoms with Crippen LogP contribution in [0.5, 0.6) is 0 Å². The monoisotopic (exact) mass is 206 g/mol. The molecule has 1 aromatic carbocycles. The Balaban J connectivity index is 2.02. The van der Waals surface area contributed by atoms with Crippen LogP contribution in [0.3, 0.4) is 0 Å². The van der Waals surface area contributed by atoms with Crippen LogP contribution in [-0.4, -0.2) is 26.2 Å². The zero-order valence-corrected chi connectivity index (χ0v) is 9.12. The molecule has 0 radical (unpaired) electrons. The van der Waals surface area contributed by atoms with Gasteiger partial charge in [-0.25, -0.2) is 0 Å². The average molecular weight is 206 g/mol. The topological polar surface area (TPSA) is 33.3 Å². The van der Waals surface area contributed by atoms with E-state index in [4.69, 9.17) is 4.74 Å². The minimum Gasteiger partial charge on any atom is -0.385 e. The third-order valence-electron chi connectivity index (χ3n) is 2.59. The lowest BCUT2D eigenvalue weighted by molar-refractivity contribution is 0.0277. The van der Waals surface area contributed by atoms with Crippen molar-refractivity contribution in [2.75, 3.05) is 31.6 Å². The maximum absolute atomic E-state index is 5.68. The first-order chi connectivity index (χ1) is 7.40. The van der Waals surface area contributed by atoms with E-state index >= 15 is 0 Å². The van der Waals surface area contributed by atoms with Gasteiger partial charge in [-0.05, 0) is 24.6 Å². The van der Waals surface area contributed by atoms with E-state index in [-0.39, 0.29) is 6.10 Å². The van der Waals surface area contributed by atoms with Crippen molar-refractivity contribution >= 4 is 5.69 Å². The fraction of sp³-hybridized carbons (Fsp3) is 0.500. The summed E-state index contributed by atoms with van der Waals surface area (Å²) in [6.45, 7) is 5.75. The highest BCUT2D eigenvalue weighted by Crippen LogP contribution is 2.20. The molecule has 1 heterocycles. The molecule has 1 aliphatic heterocycles. The van der Waals surface area contributed by atoms with Gasteiger partial charge in [0.25, 0.3) is 0 Å². The van der Waals surface area contributed by atoms with Crippen LogP contribution in [-0.2, 0) is 4.74 Å². The van der Waals surface area contributed by atoms with Crippen LogP contribution in [0, 0.1) is 0 Å². The first-order valence-corrected chi connectivity index (χ1v) is 5.56. The largest absolute Gasteiger partial charge is 0.385 e. The summed E-state index contributed by atoms with van der Waals surface area (Å²) in [5, 5.41) is 6.61. The highest BCUT2D eigenvalue weighted by atomic mass is 16.5. The Hall–Kier alpha value is -1.06. The van der Waals surface area contributed by atoms with Crippen LogP contribution in [0.2, 0.25) is 0 Å². The molecule has 1 fully saturated rings. The second-order valence-electron chi connectivity index (χ2n) is 3.72. The van der Waals surface area contributed by atoms with E-state index in [1.165, 1.54) is 11.3 Å². The molecule has 0 spiro atoms. The van der Waals surface area contributed by atoms with Crippen molar-refractivity contribution in [1.82, 2.24) is 5.32 Å². The molecule has 1 atom stereocenters. The molecule has 0 aromatic heterocycles. The van der Waals surface area contributed by atoms with Gasteiger partial charge < -0.3 is 15.4 Å². The second kappa shape index (κ2) is 5.14. The number of morpholine rings is 1. The van der Waals surface area contributed by atoms with Crippen molar-refractivity contribution in [2.45, 2.75) is 13.0 Å². The number of anilines is 1. The van der Waals surface area contributed by atoms with Crippen molar-refractivity contribution in [3.8, 4) is 0 Å². The third kappa shape index (κ3) is 2.70. The van der Waals surface area contributed by atoms with Gasteiger partial charge in [-0.3, -0.25) is 0 Å². The average Bonchev–Trinajstić information content (AvgIpc) is 2.32. The van der Waals surface area contributed by atoms with E-state index in [0.29, 0.717) is 0 Å². The molecule has 0 aliphatic carbocycles. The predicted octanol–water partition coefficient (Wildman–Crippen LogP) is 1.78. The maximum atomic E-state index is 5.68. The molecule has 15 heavy (non-hydrogen) atoms. The van der Waals surface area contributed by atoms with E-state index in [9.17, 15) is 0 Å². The van der Waals surface area contributed by atoms with Gasteiger partial charge in [0.2, 0.25) is 0 Å². The summed E-state index contributed by atoms with van der Waals surface area (Å²) in [4.78, 5) is 0. The first-order valence-electron chi connectivity index (χ1n) is 5.56. The third-order valence-corrected chi connectivity index (χ3v) is 2.59. The van der Waals surface area contributed by atoms with Crippen molar-refractivity contribution < 1.29 is 4.74 Å². The summed E-state index contributed by atoms with van der Waals surface area (Å²) in [5.74, 6) is 0. The lowest BCUT2D eigenvalue weighted by atomic mass is 10.1. The minimum absolute atomic E-state index is 0.217. The summed E-state index contributed by atoms with van der Waals surface area (Å²) >= 11 is 0. The van der Waals surface area contributed by atoms with E-state index in [1.54, 1.807) is 0 Å². The molecule has 3 nitrogen and oxygen atoms in total. The standard InChI is InChI=1S/C12H18N2O/c1-2-14-11-5-3-10(4-6-11)12-9-13-7-8-15-12/h3-6,12-14H,2,7-9H2,1H3. The molecule has 1 aromatic rings. The molecule has 1 aliphatic rings. The summed E-state index contributed by atoms with van der Waals surface area (Å²) in [6, 6.07) is 8.49. The fourth-order valence-electron chi connectivity index (χ4n) is 1.80. The maximum Gasteiger partial charge on any atom is 0.0949 e. The van der Waals surface area contributed by atoms with Gasteiger partial charge in [0.15, 0.2) is 0 Å². The smallest absolute Gasteiger partial charge is 0.0949 e. The zero-order chi connectivity index (χ0) is 10.5. The van der Waals surface area contributed by atoms with Crippen LogP contribution >= 0.6 is 0 Å². The van der Waals surface area contributed by atoms with Gasteiger partial charge >= 0.3 is 0 Å². The molecule has 2 rings (SSSR count). The quantitative estimate of drug-likeness (QED) is 0.791. The van der Waals surface area contributed by atoms with Crippen molar-refractivity contribution in [3.05, 3.63) is 29.8 Å². The molecular weight excluding hydrogens is 188 g/mol. The Morgan fingerprint density at radius 2 is 2.20 bits per heavy atom. The van der Waals surface area contributed by atoms with Gasteiger partial charge in [0.1, 0.15) is 0 Å². The van der Waals surface area contributed by atoms with Crippen LogP contribution in [0.25, 0.3) is 0 Å². The number of nitrogens with one attached hydrogen (secondary N) is 2. The zero-order valence-electron chi connectivity index (χ0n) is 9.12. The van der Waals surface area contributed by atoms with E-state index in [1.807, 2.05) is 0 Å². The van der Waals surface area contributed by atoms with Crippen LogP contribution in [0.15, 0.2) is 24.3 Å². The Kier molecular flexibility index (Phi) is 3.59. The number of ether oxygens (including phenoxy) is 1. The summed E-state index contributed by atoms with van der Waals surface area (Å²) < 4.78 is 5.68. The van der Waals surface area contributed by atoms with E-state index < -0.39 is 0 Å². The number of hydrogen-bond donors (Lipinski definition) is 2. The normalized spacial score (nSPS) is 21.3. The molecule has 0 bridgehead atoms. The number of rotatable bonds is 3. The molecular formula is C12H18N2O. The number of hydrogen-bond acceptors (Lipinski definition) is 3. The fourth-order valence-corrected chi connectivity index (χ4v) is 1.80. The number of benzene rings is 1. The van der Waals surface area contributed by atoms with Crippen LogP contribution < -0.4 is 10.6 Å². The van der Waals surface area contributed by atoms with E-state index in [0.717, 1.165) is 26.2 Å². The van der Waals surface area contributed by atoms with E-state index in [2.05, 4.69) is 41.8 Å². The van der Waals surface area contributed by atoms with Crippen molar-refractivity contribution in [3.63, 3.8) is 0 Å². The van der Waals surface area contributed by atoms with Gasteiger partial charge in [-0.1, -0.05) is 12.1 Å². The van der Waals surface area contributed by atoms with Gasteiger partial charge in [0.05, 0.1) is 12.7 Å². The van der Waals surface area contributed by atoms with Crippen molar-refractivity contribution in [2.24, 2.45) is 0 Å². The Morgan fingerprint density at radius 3 is 2.80 bits per heavy atom. The predicted molar refractivity (Wildman–Crippen MR) is 62.2 cm³/mol. The van der Waals surface area contributed by atoms with Crippen molar-refractivity contribution in [1.29, 1.82) is 0 Å². The Bertz CT molecular complexity index is 291. The van der Waals surface area contributed by atoms with Gasteiger partial charge in [0, 0.05) is 25.3 Å².